The minimum Gasteiger partial charge on any atom is -0.496 e. The normalized spacial score (nSPS) is 10.3. The maximum atomic E-state index is 11.8. The molecule has 0 fully saturated rings. The molecule has 2 rings (SSSR count). The Morgan fingerprint density at radius 1 is 1.29 bits per heavy atom. The van der Waals surface area contributed by atoms with Gasteiger partial charge in [0.1, 0.15) is 5.75 Å². The molecule has 0 bridgehead atoms. The lowest BCUT2D eigenvalue weighted by molar-refractivity contribution is 0.0524. The summed E-state index contributed by atoms with van der Waals surface area (Å²) in [6.45, 7) is 5.84. The van der Waals surface area contributed by atoms with Gasteiger partial charge in [0.15, 0.2) is 5.82 Å². The molecule has 0 saturated heterocycles. The van der Waals surface area contributed by atoms with Gasteiger partial charge in [0.2, 0.25) is 0 Å². The van der Waals surface area contributed by atoms with E-state index in [1.165, 1.54) is 6.20 Å². The third kappa shape index (κ3) is 3.18. The van der Waals surface area contributed by atoms with Gasteiger partial charge in [-0.1, -0.05) is 6.07 Å². The number of carbonyl (C=O) groups is 1. The highest BCUT2D eigenvalue weighted by atomic mass is 16.5. The van der Waals surface area contributed by atoms with Gasteiger partial charge in [-0.05, 0) is 38.5 Å². The van der Waals surface area contributed by atoms with Gasteiger partial charge in [-0.15, -0.1) is 0 Å². The van der Waals surface area contributed by atoms with E-state index in [2.05, 4.69) is 9.97 Å². The molecule has 21 heavy (non-hydrogen) atoms. The van der Waals surface area contributed by atoms with Crippen LogP contribution in [-0.4, -0.2) is 29.7 Å². The summed E-state index contributed by atoms with van der Waals surface area (Å²) in [7, 11) is 1.61. The van der Waals surface area contributed by atoms with Crippen molar-refractivity contribution in [3.63, 3.8) is 0 Å². The summed E-state index contributed by atoms with van der Waals surface area (Å²) in [6.07, 6.45) is 1.49. The van der Waals surface area contributed by atoms with Crippen molar-refractivity contribution in [2.24, 2.45) is 0 Å². The number of methoxy groups -OCH3 is 1. The van der Waals surface area contributed by atoms with Crippen molar-refractivity contribution in [2.45, 2.75) is 20.8 Å². The minimum atomic E-state index is -0.405. The summed E-state index contributed by atoms with van der Waals surface area (Å²) in [5.41, 5.74) is 2.85. The Bertz CT molecular complexity index is 669. The first-order valence-electron chi connectivity index (χ1n) is 6.72. The number of rotatable bonds is 4. The molecule has 0 N–H and O–H groups in total. The van der Waals surface area contributed by atoms with Crippen LogP contribution in [0.5, 0.6) is 5.75 Å². The smallest absolute Gasteiger partial charge is 0.341 e. The molecule has 0 aliphatic carbocycles. The van der Waals surface area contributed by atoms with Crippen LogP contribution >= 0.6 is 0 Å². The fourth-order valence-corrected chi connectivity index (χ4v) is 1.99. The largest absolute Gasteiger partial charge is 0.496 e. The van der Waals surface area contributed by atoms with Crippen molar-refractivity contribution in [2.75, 3.05) is 13.7 Å². The number of esters is 1. The highest BCUT2D eigenvalue weighted by Gasteiger charge is 2.15. The average Bonchev–Trinajstić information content (AvgIpc) is 2.47. The average molecular weight is 286 g/mol. The quantitative estimate of drug-likeness (QED) is 0.809. The Balaban J connectivity index is 2.43. The van der Waals surface area contributed by atoms with E-state index in [0.29, 0.717) is 29.4 Å². The molecule has 0 aliphatic heterocycles. The Morgan fingerprint density at radius 2 is 2.05 bits per heavy atom. The molecule has 0 aliphatic rings. The summed E-state index contributed by atoms with van der Waals surface area (Å²) in [6, 6.07) is 5.80. The summed E-state index contributed by atoms with van der Waals surface area (Å²) >= 11 is 0. The zero-order valence-corrected chi connectivity index (χ0v) is 12.6. The van der Waals surface area contributed by atoms with E-state index in [1.54, 1.807) is 21.0 Å². The number of ether oxygens (including phenoxy) is 2. The molecular formula is C16H18N2O3. The van der Waals surface area contributed by atoms with Crippen molar-refractivity contribution in [3.8, 4) is 17.1 Å². The van der Waals surface area contributed by atoms with E-state index in [-0.39, 0.29) is 0 Å². The Hall–Kier alpha value is -2.43. The van der Waals surface area contributed by atoms with E-state index in [9.17, 15) is 4.79 Å². The van der Waals surface area contributed by atoms with Gasteiger partial charge in [-0.3, -0.25) is 0 Å². The molecule has 0 saturated carbocycles. The molecule has 0 spiro atoms. The number of benzene rings is 1. The molecule has 1 heterocycles. The lowest BCUT2D eigenvalue weighted by atomic mass is 10.1. The highest BCUT2D eigenvalue weighted by Crippen LogP contribution is 2.28. The van der Waals surface area contributed by atoms with Crippen LogP contribution in [0.3, 0.4) is 0 Å². The van der Waals surface area contributed by atoms with E-state index in [4.69, 9.17) is 9.47 Å². The number of hydrogen-bond donors (Lipinski definition) is 0. The monoisotopic (exact) mass is 286 g/mol. The summed E-state index contributed by atoms with van der Waals surface area (Å²) in [5.74, 6) is 0.827. The van der Waals surface area contributed by atoms with Crippen molar-refractivity contribution < 1.29 is 14.3 Å². The van der Waals surface area contributed by atoms with Crippen LogP contribution in [0.2, 0.25) is 0 Å². The third-order valence-corrected chi connectivity index (χ3v) is 3.07. The van der Waals surface area contributed by atoms with Crippen LogP contribution in [0.25, 0.3) is 11.4 Å². The van der Waals surface area contributed by atoms with Crippen molar-refractivity contribution in [1.82, 2.24) is 9.97 Å². The molecule has 0 unspecified atom stereocenters. The van der Waals surface area contributed by atoms with Gasteiger partial charge in [0.25, 0.3) is 0 Å². The Kier molecular flexibility index (Phi) is 4.52. The topological polar surface area (TPSA) is 61.3 Å². The molecule has 0 radical (unpaired) electrons. The molecule has 1 aromatic heterocycles. The molecular weight excluding hydrogens is 268 g/mol. The maximum absolute atomic E-state index is 11.8. The van der Waals surface area contributed by atoms with Gasteiger partial charge in [0, 0.05) is 6.20 Å². The molecule has 0 amide bonds. The van der Waals surface area contributed by atoms with Crippen LogP contribution < -0.4 is 4.74 Å². The standard InChI is InChI=1S/C16H18N2O3/c1-5-21-16(19)13-9-17-15(18-11(13)3)12-7-6-10(2)8-14(12)20-4/h6-9H,5H2,1-4H3. The molecule has 5 nitrogen and oxygen atoms in total. The first-order valence-corrected chi connectivity index (χ1v) is 6.72. The van der Waals surface area contributed by atoms with E-state index in [1.807, 2.05) is 25.1 Å². The maximum Gasteiger partial charge on any atom is 0.341 e. The summed E-state index contributed by atoms with van der Waals surface area (Å²) in [5, 5.41) is 0. The Morgan fingerprint density at radius 3 is 2.67 bits per heavy atom. The lowest BCUT2D eigenvalue weighted by Crippen LogP contribution is -2.09. The van der Waals surface area contributed by atoms with Crippen LogP contribution in [0.4, 0.5) is 0 Å². The molecule has 5 heteroatoms. The minimum absolute atomic E-state index is 0.325. The second kappa shape index (κ2) is 6.35. The van der Waals surface area contributed by atoms with E-state index >= 15 is 0 Å². The Labute approximate surface area is 124 Å². The number of carbonyl (C=O) groups excluding carboxylic acids is 1. The van der Waals surface area contributed by atoms with Gasteiger partial charge in [0.05, 0.1) is 30.5 Å². The zero-order valence-electron chi connectivity index (χ0n) is 12.6. The van der Waals surface area contributed by atoms with Gasteiger partial charge >= 0.3 is 5.97 Å². The number of aromatic nitrogens is 2. The number of nitrogens with zero attached hydrogens (tertiary/aromatic N) is 2. The van der Waals surface area contributed by atoms with E-state index < -0.39 is 5.97 Å². The SMILES string of the molecule is CCOC(=O)c1cnc(-c2ccc(C)cc2OC)nc1C. The van der Waals surface area contributed by atoms with Crippen LogP contribution in [0.1, 0.15) is 28.5 Å². The molecule has 110 valence electrons. The van der Waals surface area contributed by atoms with Crippen molar-refractivity contribution in [1.29, 1.82) is 0 Å². The van der Waals surface area contributed by atoms with Gasteiger partial charge in [-0.2, -0.15) is 0 Å². The van der Waals surface area contributed by atoms with Gasteiger partial charge in [-0.25, -0.2) is 14.8 Å². The predicted octanol–water partition coefficient (Wildman–Crippen LogP) is 2.95. The number of hydrogen-bond acceptors (Lipinski definition) is 5. The van der Waals surface area contributed by atoms with Crippen LogP contribution in [-0.2, 0) is 4.74 Å². The predicted molar refractivity (Wildman–Crippen MR) is 79.5 cm³/mol. The lowest BCUT2D eigenvalue weighted by Gasteiger charge is -2.10. The number of aryl methyl sites for hydroxylation is 2. The molecule has 0 atom stereocenters. The van der Waals surface area contributed by atoms with Crippen molar-refractivity contribution >= 4 is 5.97 Å². The van der Waals surface area contributed by atoms with Crippen molar-refractivity contribution in [3.05, 3.63) is 41.2 Å². The van der Waals surface area contributed by atoms with Crippen LogP contribution in [0, 0.1) is 13.8 Å². The third-order valence-electron chi connectivity index (χ3n) is 3.07. The molecule has 2 aromatic rings. The fourth-order valence-electron chi connectivity index (χ4n) is 1.99. The summed E-state index contributed by atoms with van der Waals surface area (Å²) in [4.78, 5) is 20.4. The fraction of sp³-hybridized carbons (Fsp3) is 0.312. The van der Waals surface area contributed by atoms with E-state index in [0.717, 1.165) is 11.1 Å². The van der Waals surface area contributed by atoms with Crippen LogP contribution in [0.15, 0.2) is 24.4 Å². The zero-order chi connectivity index (χ0) is 15.4. The summed E-state index contributed by atoms with van der Waals surface area (Å²) < 4.78 is 10.3. The second-order valence-electron chi connectivity index (χ2n) is 4.62. The molecule has 1 aromatic carbocycles. The van der Waals surface area contributed by atoms with Gasteiger partial charge < -0.3 is 9.47 Å². The second-order valence-corrected chi connectivity index (χ2v) is 4.62. The highest BCUT2D eigenvalue weighted by molar-refractivity contribution is 5.90. The first kappa shape index (κ1) is 15.0. The first-order chi connectivity index (χ1) is 10.1.